The predicted octanol–water partition coefficient (Wildman–Crippen LogP) is 1.83. The first kappa shape index (κ1) is 10.9. The van der Waals surface area contributed by atoms with E-state index in [4.69, 9.17) is 0 Å². The summed E-state index contributed by atoms with van der Waals surface area (Å²) >= 11 is 0. The van der Waals surface area contributed by atoms with Crippen LogP contribution in [0.5, 0.6) is 0 Å². The van der Waals surface area contributed by atoms with Crippen molar-refractivity contribution >= 4 is 5.97 Å². The van der Waals surface area contributed by atoms with Crippen molar-refractivity contribution in [1.82, 2.24) is 4.90 Å². The molecule has 1 aliphatic carbocycles. The average molecular weight is 211 g/mol. The number of carboxylic acid groups (broad SMARTS) is 1. The van der Waals surface area contributed by atoms with Crippen LogP contribution < -0.4 is 0 Å². The van der Waals surface area contributed by atoms with E-state index in [2.05, 4.69) is 18.7 Å². The van der Waals surface area contributed by atoms with E-state index in [1.54, 1.807) is 0 Å². The van der Waals surface area contributed by atoms with Crippen molar-refractivity contribution in [2.24, 2.45) is 17.8 Å². The second kappa shape index (κ2) is 4.12. The van der Waals surface area contributed by atoms with Crippen LogP contribution in [-0.4, -0.2) is 35.1 Å². The number of rotatable bonds is 3. The zero-order chi connectivity index (χ0) is 11.0. The van der Waals surface area contributed by atoms with E-state index in [0.717, 1.165) is 38.3 Å². The van der Waals surface area contributed by atoms with Crippen LogP contribution in [0.2, 0.25) is 0 Å². The van der Waals surface area contributed by atoms with Gasteiger partial charge < -0.3 is 5.11 Å². The Kier molecular flexibility index (Phi) is 3.01. The fourth-order valence-electron chi connectivity index (χ4n) is 2.62. The van der Waals surface area contributed by atoms with Gasteiger partial charge >= 0.3 is 5.97 Å². The van der Waals surface area contributed by atoms with Crippen LogP contribution in [0.3, 0.4) is 0 Å². The van der Waals surface area contributed by atoms with Gasteiger partial charge in [0.1, 0.15) is 6.04 Å². The molecule has 0 amide bonds. The number of carboxylic acids is 1. The van der Waals surface area contributed by atoms with Gasteiger partial charge in [0.2, 0.25) is 0 Å². The fraction of sp³-hybridized carbons (Fsp3) is 0.917. The van der Waals surface area contributed by atoms with E-state index in [0.29, 0.717) is 11.8 Å². The third-order valence-corrected chi connectivity index (χ3v) is 4.08. The van der Waals surface area contributed by atoms with Crippen LogP contribution in [-0.2, 0) is 4.79 Å². The predicted molar refractivity (Wildman–Crippen MR) is 58.7 cm³/mol. The molecule has 3 unspecified atom stereocenters. The number of likely N-dealkylation sites (tertiary alicyclic amines) is 1. The topological polar surface area (TPSA) is 40.5 Å². The molecule has 3 heteroatoms. The Labute approximate surface area is 91.5 Å². The zero-order valence-corrected chi connectivity index (χ0v) is 9.65. The highest BCUT2D eigenvalue weighted by atomic mass is 16.4. The summed E-state index contributed by atoms with van der Waals surface area (Å²) in [6, 6.07) is -0.194. The zero-order valence-electron chi connectivity index (χ0n) is 9.65. The summed E-state index contributed by atoms with van der Waals surface area (Å²) in [6.07, 6.45) is 3.37. The first-order valence-electron chi connectivity index (χ1n) is 6.06. The Bertz CT molecular complexity index is 250. The molecule has 0 aromatic rings. The number of hydrogen-bond donors (Lipinski definition) is 1. The molecule has 1 N–H and O–H groups in total. The standard InChI is InChI=1S/C12H21NO2/c1-8-5-6-13(7-9(8)2)11(12(14)15)10-3-4-10/h8-11H,3-7H2,1-2H3,(H,14,15). The summed E-state index contributed by atoms with van der Waals surface area (Å²) in [5.74, 6) is 1.21. The minimum absolute atomic E-state index is 0.194. The SMILES string of the molecule is CC1CCN(C(C(=O)O)C2CC2)CC1C. The van der Waals surface area contributed by atoms with Gasteiger partial charge in [-0.25, -0.2) is 0 Å². The summed E-state index contributed by atoms with van der Waals surface area (Å²) in [6.45, 7) is 6.45. The van der Waals surface area contributed by atoms with E-state index in [9.17, 15) is 9.90 Å². The van der Waals surface area contributed by atoms with Crippen LogP contribution in [0.4, 0.5) is 0 Å². The van der Waals surface area contributed by atoms with E-state index in [1.165, 1.54) is 0 Å². The second-order valence-corrected chi connectivity index (χ2v) is 5.36. The lowest BCUT2D eigenvalue weighted by Gasteiger charge is -2.38. The molecule has 0 aromatic carbocycles. The number of nitrogens with zero attached hydrogens (tertiary/aromatic N) is 1. The molecule has 1 saturated carbocycles. The maximum atomic E-state index is 11.2. The van der Waals surface area contributed by atoms with Crippen molar-refractivity contribution in [2.45, 2.75) is 39.2 Å². The number of carbonyl (C=O) groups is 1. The first-order valence-corrected chi connectivity index (χ1v) is 6.06. The van der Waals surface area contributed by atoms with Gasteiger partial charge in [0, 0.05) is 6.54 Å². The molecule has 2 aliphatic rings. The van der Waals surface area contributed by atoms with Gasteiger partial charge in [0.25, 0.3) is 0 Å². The molecule has 0 aromatic heterocycles. The highest BCUT2D eigenvalue weighted by Crippen LogP contribution is 2.37. The Hall–Kier alpha value is -0.570. The Morgan fingerprint density at radius 1 is 1.27 bits per heavy atom. The fourth-order valence-corrected chi connectivity index (χ4v) is 2.62. The summed E-state index contributed by atoms with van der Waals surface area (Å²) < 4.78 is 0. The molecular weight excluding hydrogens is 190 g/mol. The van der Waals surface area contributed by atoms with E-state index < -0.39 is 5.97 Å². The number of aliphatic carboxylic acids is 1. The molecule has 3 atom stereocenters. The van der Waals surface area contributed by atoms with Gasteiger partial charge in [0.15, 0.2) is 0 Å². The van der Waals surface area contributed by atoms with Crippen LogP contribution >= 0.6 is 0 Å². The van der Waals surface area contributed by atoms with Crippen molar-refractivity contribution in [3.05, 3.63) is 0 Å². The van der Waals surface area contributed by atoms with Crippen molar-refractivity contribution in [2.75, 3.05) is 13.1 Å². The third-order valence-electron chi connectivity index (χ3n) is 4.08. The van der Waals surface area contributed by atoms with Crippen LogP contribution in [0.1, 0.15) is 33.1 Å². The minimum atomic E-state index is -0.612. The molecule has 2 fully saturated rings. The van der Waals surface area contributed by atoms with Gasteiger partial charge in [-0.15, -0.1) is 0 Å². The van der Waals surface area contributed by atoms with E-state index in [1.807, 2.05) is 0 Å². The van der Waals surface area contributed by atoms with Gasteiger partial charge in [-0.3, -0.25) is 9.69 Å². The van der Waals surface area contributed by atoms with Gasteiger partial charge in [-0.05, 0) is 43.6 Å². The molecular formula is C12H21NO2. The van der Waals surface area contributed by atoms with Crippen molar-refractivity contribution in [3.8, 4) is 0 Å². The summed E-state index contributed by atoms with van der Waals surface area (Å²) in [7, 11) is 0. The highest BCUT2D eigenvalue weighted by molar-refractivity contribution is 5.74. The number of piperidine rings is 1. The molecule has 1 saturated heterocycles. The van der Waals surface area contributed by atoms with Crippen molar-refractivity contribution < 1.29 is 9.90 Å². The Morgan fingerprint density at radius 3 is 2.40 bits per heavy atom. The van der Waals surface area contributed by atoms with Gasteiger partial charge in [-0.2, -0.15) is 0 Å². The quantitative estimate of drug-likeness (QED) is 0.774. The summed E-state index contributed by atoms with van der Waals surface area (Å²) in [4.78, 5) is 13.4. The normalized spacial score (nSPS) is 35.1. The van der Waals surface area contributed by atoms with Crippen LogP contribution in [0, 0.1) is 17.8 Å². The molecule has 3 nitrogen and oxygen atoms in total. The van der Waals surface area contributed by atoms with Crippen LogP contribution in [0.15, 0.2) is 0 Å². The average Bonchev–Trinajstić information content (AvgIpc) is 2.95. The minimum Gasteiger partial charge on any atom is -0.480 e. The first-order chi connectivity index (χ1) is 7.09. The number of hydrogen-bond acceptors (Lipinski definition) is 2. The molecule has 0 radical (unpaired) electrons. The van der Waals surface area contributed by atoms with Crippen LogP contribution in [0.25, 0.3) is 0 Å². The van der Waals surface area contributed by atoms with Crippen molar-refractivity contribution in [1.29, 1.82) is 0 Å². The third kappa shape index (κ3) is 2.33. The van der Waals surface area contributed by atoms with Crippen molar-refractivity contribution in [3.63, 3.8) is 0 Å². The van der Waals surface area contributed by atoms with E-state index in [-0.39, 0.29) is 6.04 Å². The van der Waals surface area contributed by atoms with Gasteiger partial charge in [-0.1, -0.05) is 13.8 Å². The Morgan fingerprint density at radius 2 is 1.93 bits per heavy atom. The lowest BCUT2D eigenvalue weighted by atomic mass is 9.87. The largest absolute Gasteiger partial charge is 0.480 e. The maximum absolute atomic E-state index is 11.2. The summed E-state index contributed by atoms with van der Waals surface area (Å²) in [5.41, 5.74) is 0. The Balaban J connectivity index is 1.99. The summed E-state index contributed by atoms with van der Waals surface area (Å²) in [5, 5.41) is 9.25. The molecule has 0 bridgehead atoms. The lowest BCUT2D eigenvalue weighted by molar-refractivity contribution is -0.145. The molecule has 15 heavy (non-hydrogen) atoms. The molecule has 2 rings (SSSR count). The molecule has 1 heterocycles. The highest BCUT2D eigenvalue weighted by Gasteiger charge is 2.41. The second-order valence-electron chi connectivity index (χ2n) is 5.36. The molecule has 86 valence electrons. The smallest absolute Gasteiger partial charge is 0.321 e. The lowest BCUT2D eigenvalue weighted by Crippen LogP contribution is -2.49. The molecule has 1 aliphatic heterocycles. The van der Waals surface area contributed by atoms with E-state index >= 15 is 0 Å². The van der Waals surface area contributed by atoms with Gasteiger partial charge in [0.05, 0.1) is 0 Å². The molecule has 0 spiro atoms. The maximum Gasteiger partial charge on any atom is 0.321 e. The monoisotopic (exact) mass is 211 g/mol.